The van der Waals surface area contributed by atoms with Crippen molar-refractivity contribution in [1.82, 2.24) is 25.2 Å². The maximum absolute atomic E-state index is 13.0. The van der Waals surface area contributed by atoms with Crippen molar-refractivity contribution in [1.29, 1.82) is 0 Å². The van der Waals surface area contributed by atoms with Gasteiger partial charge in [0.15, 0.2) is 0 Å². The lowest BCUT2D eigenvalue weighted by Gasteiger charge is -2.07. The van der Waals surface area contributed by atoms with Crippen LogP contribution in [0.4, 0.5) is 4.39 Å². The van der Waals surface area contributed by atoms with Gasteiger partial charge in [-0.3, -0.25) is 0 Å². The van der Waals surface area contributed by atoms with Crippen molar-refractivity contribution in [3.05, 3.63) is 77.3 Å². The molecule has 27 heavy (non-hydrogen) atoms. The number of halogens is 1. The van der Waals surface area contributed by atoms with Crippen LogP contribution >= 0.6 is 11.3 Å². The van der Waals surface area contributed by atoms with E-state index >= 15 is 0 Å². The molecule has 2 aromatic heterocycles. The molecule has 0 radical (unpaired) electrons. The molecule has 134 valence electrons. The Morgan fingerprint density at radius 2 is 1.96 bits per heavy atom. The predicted molar refractivity (Wildman–Crippen MR) is 95.8 cm³/mol. The van der Waals surface area contributed by atoms with Gasteiger partial charge in [0.1, 0.15) is 23.8 Å². The molecule has 4 rings (SSSR count). The molecule has 0 fully saturated rings. The number of thiazole rings is 1. The second-order valence-corrected chi connectivity index (χ2v) is 6.36. The molecule has 0 spiro atoms. The fourth-order valence-corrected chi connectivity index (χ4v) is 3.24. The first-order valence-electron chi connectivity index (χ1n) is 7.90. The summed E-state index contributed by atoms with van der Waals surface area (Å²) in [6, 6.07) is 13.0. The third-order valence-electron chi connectivity index (χ3n) is 3.71. The molecule has 0 amide bonds. The molecule has 0 aliphatic rings. The van der Waals surface area contributed by atoms with Gasteiger partial charge in [-0.15, -0.1) is 16.4 Å². The monoisotopic (exact) mass is 381 g/mol. The average molecular weight is 381 g/mol. The quantitative estimate of drug-likeness (QED) is 0.494. The van der Waals surface area contributed by atoms with E-state index in [-0.39, 0.29) is 12.4 Å². The van der Waals surface area contributed by atoms with Crippen LogP contribution in [0.15, 0.2) is 60.2 Å². The van der Waals surface area contributed by atoms with Crippen LogP contribution in [-0.4, -0.2) is 31.2 Å². The number of hydrogen-bond donors (Lipinski definition) is 0. The summed E-state index contributed by atoms with van der Waals surface area (Å²) in [7, 11) is 0. The Morgan fingerprint density at radius 3 is 2.74 bits per heavy atom. The summed E-state index contributed by atoms with van der Waals surface area (Å²) in [5.74, 6) is -0.803. The van der Waals surface area contributed by atoms with Crippen molar-refractivity contribution in [2.24, 2.45) is 0 Å². The van der Waals surface area contributed by atoms with E-state index in [0.717, 1.165) is 10.6 Å². The van der Waals surface area contributed by atoms with Crippen LogP contribution in [0, 0.1) is 5.82 Å². The Bertz CT molecular complexity index is 1060. The first kappa shape index (κ1) is 17.0. The largest absolute Gasteiger partial charge is 0.455 e. The fraction of sp³-hybridized carbons (Fsp3) is 0.0556. The molecule has 0 aliphatic carbocycles. The summed E-state index contributed by atoms with van der Waals surface area (Å²) in [6.07, 6.45) is 1.40. The van der Waals surface area contributed by atoms with Crippen molar-refractivity contribution in [3.63, 3.8) is 0 Å². The number of hydrogen-bond acceptors (Lipinski definition) is 7. The number of nitrogens with zero attached hydrogens (tertiary/aromatic N) is 5. The summed E-state index contributed by atoms with van der Waals surface area (Å²) >= 11 is 1.40. The van der Waals surface area contributed by atoms with Gasteiger partial charge < -0.3 is 4.74 Å². The standard InChI is InChI=1S/C18H12FN5O2S/c19-13-7-5-12(6-8-13)17-21-14(10-27-17)9-26-18(25)15-3-1-2-4-16(15)24-11-20-22-23-24/h1-8,10-11H,9H2. The number of aromatic nitrogens is 5. The van der Waals surface area contributed by atoms with Crippen LogP contribution in [0.5, 0.6) is 0 Å². The SMILES string of the molecule is O=C(OCc1csc(-c2ccc(F)cc2)n1)c1ccccc1-n1cnnn1. The summed E-state index contributed by atoms with van der Waals surface area (Å²) in [4.78, 5) is 16.9. The van der Waals surface area contributed by atoms with E-state index in [2.05, 4.69) is 20.5 Å². The molecule has 2 heterocycles. The molecule has 7 nitrogen and oxygen atoms in total. The van der Waals surface area contributed by atoms with Gasteiger partial charge in [-0.2, -0.15) is 4.68 Å². The number of esters is 1. The lowest BCUT2D eigenvalue weighted by atomic mass is 10.2. The first-order valence-corrected chi connectivity index (χ1v) is 8.78. The van der Waals surface area contributed by atoms with Crippen LogP contribution in [0.1, 0.15) is 16.1 Å². The molecule has 0 saturated heterocycles. The third kappa shape index (κ3) is 3.72. The van der Waals surface area contributed by atoms with E-state index < -0.39 is 5.97 Å². The smallest absolute Gasteiger partial charge is 0.340 e. The Balaban J connectivity index is 1.47. The van der Waals surface area contributed by atoms with E-state index in [1.807, 2.05) is 0 Å². The number of carbonyl (C=O) groups excluding carboxylic acids is 1. The highest BCUT2D eigenvalue weighted by atomic mass is 32.1. The zero-order valence-corrected chi connectivity index (χ0v) is 14.6. The summed E-state index contributed by atoms with van der Waals surface area (Å²) in [5.41, 5.74) is 2.30. The van der Waals surface area contributed by atoms with Crippen molar-refractivity contribution in [2.45, 2.75) is 6.61 Å². The summed E-state index contributed by atoms with van der Waals surface area (Å²) in [6.45, 7) is 0.0282. The molecule has 4 aromatic rings. The predicted octanol–water partition coefficient (Wildman–Crippen LogP) is 3.28. The molecule has 0 aliphatic heterocycles. The lowest BCUT2D eigenvalue weighted by Crippen LogP contribution is -2.10. The molecular weight excluding hydrogens is 369 g/mol. The fourth-order valence-electron chi connectivity index (χ4n) is 2.43. The van der Waals surface area contributed by atoms with Crippen LogP contribution in [0.25, 0.3) is 16.3 Å². The number of rotatable bonds is 5. The number of para-hydroxylation sites is 1. The molecule has 0 unspecified atom stereocenters. The normalized spacial score (nSPS) is 10.7. The van der Waals surface area contributed by atoms with Crippen LogP contribution in [-0.2, 0) is 11.3 Å². The van der Waals surface area contributed by atoms with Gasteiger partial charge in [0, 0.05) is 10.9 Å². The van der Waals surface area contributed by atoms with Crippen LogP contribution in [0.3, 0.4) is 0 Å². The van der Waals surface area contributed by atoms with Gasteiger partial charge in [0.05, 0.1) is 16.9 Å². The molecule has 0 bridgehead atoms. The van der Waals surface area contributed by atoms with Crippen LogP contribution < -0.4 is 0 Å². The molecule has 2 aromatic carbocycles. The van der Waals surface area contributed by atoms with Gasteiger partial charge in [0.2, 0.25) is 0 Å². The van der Waals surface area contributed by atoms with Gasteiger partial charge in [0.25, 0.3) is 0 Å². The first-order chi connectivity index (χ1) is 13.2. The van der Waals surface area contributed by atoms with Gasteiger partial charge in [-0.1, -0.05) is 12.1 Å². The Kier molecular flexibility index (Phi) is 4.67. The number of carbonyl (C=O) groups is 1. The van der Waals surface area contributed by atoms with Crippen molar-refractivity contribution in [2.75, 3.05) is 0 Å². The van der Waals surface area contributed by atoms with Crippen molar-refractivity contribution in [3.8, 4) is 16.3 Å². The number of ether oxygens (including phenoxy) is 1. The minimum absolute atomic E-state index is 0.0282. The number of benzene rings is 2. The highest BCUT2D eigenvalue weighted by Gasteiger charge is 2.15. The Hall–Kier alpha value is -3.46. The number of tetrazole rings is 1. The molecule has 0 saturated carbocycles. The maximum Gasteiger partial charge on any atom is 0.340 e. The van der Waals surface area contributed by atoms with Gasteiger partial charge in [-0.05, 0) is 46.8 Å². The molecule has 9 heteroatoms. The highest BCUT2D eigenvalue weighted by molar-refractivity contribution is 7.13. The van der Waals surface area contributed by atoms with E-state index in [0.29, 0.717) is 16.9 Å². The van der Waals surface area contributed by atoms with Gasteiger partial charge in [-0.25, -0.2) is 14.2 Å². The molecule has 0 N–H and O–H groups in total. The summed E-state index contributed by atoms with van der Waals surface area (Å²) < 4.78 is 19.8. The molecule has 0 atom stereocenters. The van der Waals surface area contributed by atoms with Crippen molar-refractivity contribution < 1.29 is 13.9 Å². The third-order valence-corrected chi connectivity index (χ3v) is 4.65. The average Bonchev–Trinajstić information content (AvgIpc) is 3.39. The Labute approximate surface area is 157 Å². The second kappa shape index (κ2) is 7.42. The van der Waals surface area contributed by atoms with E-state index in [9.17, 15) is 9.18 Å². The molecular formula is C18H12FN5O2S. The Morgan fingerprint density at radius 1 is 1.15 bits per heavy atom. The topological polar surface area (TPSA) is 82.8 Å². The highest BCUT2D eigenvalue weighted by Crippen LogP contribution is 2.24. The van der Waals surface area contributed by atoms with E-state index in [4.69, 9.17) is 4.74 Å². The van der Waals surface area contributed by atoms with Crippen LogP contribution in [0.2, 0.25) is 0 Å². The lowest BCUT2D eigenvalue weighted by molar-refractivity contribution is 0.0468. The van der Waals surface area contributed by atoms with Gasteiger partial charge >= 0.3 is 5.97 Å². The summed E-state index contributed by atoms with van der Waals surface area (Å²) in [5, 5.41) is 13.5. The minimum atomic E-state index is -0.502. The zero-order valence-electron chi connectivity index (χ0n) is 13.8. The van der Waals surface area contributed by atoms with E-state index in [1.54, 1.807) is 41.8 Å². The zero-order chi connectivity index (χ0) is 18.6. The van der Waals surface area contributed by atoms with Crippen molar-refractivity contribution >= 4 is 17.3 Å². The minimum Gasteiger partial charge on any atom is -0.455 e. The maximum atomic E-state index is 13.0. The van der Waals surface area contributed by atoms with E-state index in [1.165, 1.54) is 34.5 Å². The second-order valence-electron chi connectivity index (χ2n) is 5.50.